The van der Waals surface area contributed by atoms with E-state index in [1.807, 2.05) is 0 Å². The van der Waals surface area contributed by atoms with Crippen molar-refractivity contribution in [2.24, 2.45) is 11.1 Å². The summed E-state index contributed by atoms with van der Waals surface area (Å²) >= 11 is 0. The molecule has 8 heteroatoms. The highest BCUT2D eigenvalue weighted by atomic mass is 16.5. The summed E-state index contributed by atoms with van der Waals surface area (Å²) in [5, 5.41) is 14.0. The lowest BCUT2D eigenvalue weighted by molar-refractivity contribution is -0.139. The number of nitrogens with one attached hydrogen (secondary N) is 2. The third-order valence-corrected chi connectivity index (χ3v) is 3.70. The molecule has 0 heterocycles. The molecule has 120 valence electrons. The number of amides is 3. The summed E-state index contributed by atoms with van der Waals surface area (Å²) < 4.78 is 5.03. The number of nitrogens with two attached hydrogens (primary N) is 1. The molecule has 0 bridgehead atoms. The normalized spacial score (nSPS) is 16.8. The van der Waals surface area contributed by atoms with Gasteiger partial charge in [0.15, 0.2) is 0 Å². The van der Waals surface area contributed by atoms with Gasteiger partial charge in [-0.2, -0.15) is 0 Å². The average Bonchev–Trinajstić information content (AvgIpc) is 3.19. The summed E-state index contributed by atoms with van der Waals surface area (Å²) in [4.78, 5) is 33.4. The summed E-state index contributed by atoms with van der Waals surface area (Å²) in [5.74, 6) is -1.79. The predicted octanol–water partition coefficient (Wildman–Crippen LogP) is -0.179. The summed E-state index contributed by atoms with van der Waals surface area (Å²) in [7, 11) is 1.63. The molecule has 1 fully saturated rings. The molecule has 1 atom stereocenters. The standard InChI is InChI=1S/C13H23N3O5/c1-21-7-6-13(4-5-13)8-15-12(20)16-9(11(18)19)2-3-10(14)17/h9H,2-8H2,1H3,(H2,14,17)(H,18,19)(H2,15,16,20)/t9-/m1/s1. The Labute approximate surface area is 123 Å². The molecule has 8 nitrogen and oxygen atoms in total. The lowest BCUT2D eigenvalue weighted by atomic mass is 10.0. The lowest BCUT2D eigenvalue weighted by Crippen LogP contribution is -2.47. The average molecular weight is 301 g/mol. The van der Waals surface area contributed by atoms with E-state index < -0.39 is 23.9 Å². The van der Waals surface area contributed by atoms with E-state index >= 15 is 0 Å². The minimum Gasteiger partial charge on any atom is -0.480 e. The Bertz CT molecular complexity index is 395. The van der Waals surface area contributed by atoms with E-state index in [1.165, 1.54) is 0 Å². The predicted molar refractivity (Wildman–Crippen MR) is 74.5 cm³/mol. The summed E-state index contributed by atoms with van der Waals surface area (Å²) in [6.07, 6.45) is 2.82. The number of carboxylic acids is 1. The number of ether oxygens (including phenoxy) is 1. The van der Waals surface area contributed by atoms with Gasteiger partial charge in [0.05, 0.1) is 0 Å². The van der Waals surface area contributed by atoms with Gasteiger partial charge in [-0.3, -0.25) is 4.79 Å². The molecule has 0 aromatic heterocycles. The van der Waals surface area contributed by atoms with Gasteiger partial charge < -0.3 is 26.2 Å². The second-order valence-corrected chi connectivity index (χ2v) is 5.47. The maximum absolute atomic E-state index is 11.7. The Morgan fingerprint density at radius 2 is 2.05 bits per heavy atom. The highest BCUT2D eigenvalue weighted by molar-refractivity contribution is 5.83. The fourth-order valence-electron chi connectivity index (χ4n) is 2.03. The van der Waals surface area contributed by atoms with Crippen LogP contribution in [0, 0.1) is 5.41 Å². The van der Waals surface area contributed by atoms with Crippen molar-refractivity contribution >= 4 is 17.9 Å². The van der Waals surface area contributed by atoms with E-state index in [0.717, 1.165) is 19.3 Å². The van der Waals surface area contributed by atoms with E-state index in [4.69, 9.17) is 15.6 Å². The van der Waals surface area contributed by atoms with E-state index in [9.17, 15) is 14.4 Å². The maximum atomic E-state index is 11.7. The van der Waals surface area contributed by atoms with Crippen molar-refractivity contribution in [3.05, 3.63) is 0 Å². The molecule has 0 radical (unpaired) electrons. The number of hydrogen-bond donors (Lipinski definition) is 4. The number of aliphatic carboxylic acids is 1. The van der Waals surface area contributed by atoms with Crippen LogP contribution in [0.4, 0.5) is 4.79 Å². The van der Waals surface area contributed by atoms with E-state index in [1.54, 1.807) is 7.11 Å². The van der Waals surface area contributed by atoms with Gasteiger partial charge in [-0.25, -0.2) is 9.59 Å². The maximum Gasteiger partial charge on any atom is 0.326 e. The van der Waals surface area contributed by atoms with Crippen LogP contribution >= 0.6 is 0 Å². The second-order valence-electron chi connectivity index (χ2n) is 5.47. The molecule has 1 aliphatic rings. The second kappa shape index (κ2) is 7.82. The van der Waals surface area contributed by atoms with Gasteiger partial charge in [-0.1, -0.05) is 0 Å². The summed E-state index contributed by atoms with van der Waals surface area (Å²) in [6.45, 7) is 1.13. The van der Waals surface area contributed by atoms with Crippen molar-refractivity contribution in [1.82, 2.24) is 10.6 Å². The van der Waals surface area contributed by atoms with Crippen LogP contribution in [-0.2, 0) is 14.3 Å². The fraction of sp³-hybridized carbons (Fsp3) is 0.769. The van der Waals surface area contributed by atoms with Crippen LogP contribution in [0.2, 0.25) is 0 Å². The van der Waals surface area contributed by atoms with Crippen LogP contribution in [0.25, 0.3) is 0 Å². The van der Waals surface area contributed by atoms with Gasteiger partial charge in [-0.05, 0) is 31.1 Å². The van der Waals surface area contributed by atoms with Crippen molar-refractivity contribution in [3.8, 4) is 0 Å². The summed E-state index contributed by atoms with van der Waals surface area (Å²) in [5.41, 5.74) is 5.05. The first-order valence-electron chi connectivity index (χ1n) is 6.93. The topological polar surface area (TPSA) is 131 Å². The van der Waals surface area contributed by atoms with E-state index in [2.05, 4.69) is 10.6 Å². The number of carboxylic acid groups (broad SMARTS) is 1. The van der Waals surface area contributed by atoms with Gasteiger partial charge in [0.1, 0.15) is 6.04 Å². The van der Waals surface area contributed by atoms with Crippen molar-refractivity contribution in [2.45, 2.75) is 38.1 Å². The third kappa shape index (κ3) is 6.44. The van der Waals surface area contributed by atoms with Crippen LogP contribution in [0.1, 0.15) is 32.1 Å². The van der Waals surface area contributed by atoms with Crippen LogP contribution in [0.15, 0.2) is 0 Å². The van der Waals surface area contributed by atoms with Gasteiger partial charge in [0.25, 0.3) is 0 Å². The van der Waals surface area contributed by atoms with Gasteiger partial charge >= 0.3 is 12.0 Å². The zero-order chi connectivity index (χ0) is 15.9. The molecule has 1 saturated carbocycles. The third-order valence-electron chi connectivity index (χ3n) is 3.70. The van der Waals surface area contributed by atoms with Gasteiger partial charge in [0.2, 0.25) is 5.91 Å². The molecular weight excluding hydrogens is 278 g/mol. The SMILES string of the molecule is COCCC1(CNC(=O)N[C@H](CCC(N)=O)C(=O)O)CC1. The van der Waals surface area contributed by atoms with Crippen molar-refractivity contribution in [3.63, 3.8) is 0 Å². The summed E-state index contributed by atoms with van der Waals surface area (Å²) in [6, 6.07) is -1.66. The smallest absolute Gasteiger partial charge is 0.326 e. The largest absolute Gasteiger partial charge is 0.480 e. The Kier molecular flexibility index (Phi) is 6.41. The first kappa shape index (κ1) is 17.2. The molecule has 0 aromatic carbocycles. The highest BCUT2D eigenvalue weighted by Crippen LogP contribution is 2.48. The zero-order valence-corrected chi connectivity index (χ0v) is 12.2. The minimum absolute atomic E-state index is 0.0209. The van der Waals surface area contributed by atoms with Gasteiger partial charge in [0, 0.05) is 26.7 Å². The number of carbonyl (C=O) groups is 3. The zero-order valence-electron chi connectivity index (χ0n) is 12.2. The van der Waals surface area contributed by atoms with Crippen molar-refractivity contribution in [2.75, 3.05) is 20.3 Å². The van der Waals surface area contributed by atoms with E-state index in [-0.39, 0.29) is 18.3 Å². The Balaban J connectivity index is 2.33. The Morgan fingerprint density at radius 3 is 2.52 bits per heavy atom. The monoisotopic (exact) mass is 301 g/mol. The molecule has 0 unspecified atom stereocenters. The molecule has 0 aliphatic heterocycles. The molecule has 1 aliphatic carbocycles. The number of urea groups is 1. The lowest BCUT2D eigenvalue weighted by Gasteiger charge is -2.18. The number of primary amides is 1. The first-order valence-corrected chi connectivity index (χ1v) is 6.93. The van der Waals surface area contributed by atoms with Crippen LogP contribution < -0.4 is 16.4 Å². The molecule has 0 saturated heterocycles. The quantitative estimate of drug-likeness (QED) is 0.444. The van der Waals surface area contributed by atoms with Gasteiger partial charge in [-0.15, -0.1) is 0 Å². The van der Waals surface area contributed by atoms with Crippen molar-refractivity contribution in [1.29, 1.82) is 0 Å². The molecule has 21 heavy (non-hydrogen) atoms. The Hall–Kier alpha value is -1.83. The number of hydrogen-bond acceptors (Lipinski definition) is 4. The van der Waals surface area contributed by atoms with Crippen LogP contribution in [0.5, 0.6) is 0 Å². The number of carbonyl (C=O) groups excluding carboxylic acids is 2. The molecule has 3 amide bonds. The molecule has 0 spiro atoms. The number of rotatable bonds is 10. The molecule has 5 N–H and O–H groups in total. The molecular formula is C13H23N3O5. The molecule has 0 aromatic rings. The van der Waals surface area contributed by atoms with Crippen LogP contribution in [0.3, 0.4) is 0 Å². The van der Waals surface area contributed by atoms with Crippen LogP contribution in [-0.4, -0.2) is 49.3 Å². The number of methoxy groups -OCH3 is 1. The fourth-order valence-corrected chi connectivity index (χ4v) is 2.03. The van der Waals surface area contributed by atoms with Crippen molar-refractivity contribution < 1.29 is 24.2 Å². The minimum atomic E-state index is -1.19. The first-order chi connectivity index (χ1) is 9.88. The highest BCUT2D eigenvalue weighted by Gasteiger charge is 2.42. The van der Waals surface area contributed by atoms with E-state index in [0.29, 0.717) is 13.2 Å². The molecule has 1 rings (SSSR count). The Morgan fingerprint density at radius 1 is 1.38 bits per heavy atom.